The van der Waals surface area contributed by atoms with Gasteiger partial charge >= 0.3 is 6.09 Å². The molecule has 1 heterocycles. The highest BCUT2D eigenvalue weighted by molar-refractivity contribution is 9.10. The smallest absolute Gasteiger partial charge is 0.407 e. The quantitative estimate of drug-likeness (QED) is 0.620. The zero-order chi connectivity index (χ0) is 19.3. The fourth-order valence-corrected chi connectivity index (χ4v) is 4.88. The monoisotopic (exact) mass is 444 g/mol. The van der Waals surface area contributed by atoms with Gasteiger partial charge < -0.3 is 15.3 Å². The van der Waals surface area contributed by atoms with E-state index in [1.807, 2.05) is 26.2 Å². The highest BCUT2D eigenvalue weighted by Crippen LogP contribution is 2.28. The molecule has 2 rings (SSSR count). The van der Waals surface area contributed by atoms with Crippen molar-refractivity contribution in [1.82, 2.24) is 10.2 Å². The Labute approximate surface area is 168 Å². The van der Waals surface area contributed by atoms with Gasteiger partial charge in [-0.15, -0.1) is 11.3 Å². The molecule has 2 N–H and O–H groups in total. The summed E-state index contributed by atoms with van der Waals surface area (Å²) in [4.78, 5) is 26.4. The van der Waals surface area contributed by atoms with E-state index in [1.165, 1.54) is 48.3 Å². The molecule has 1 aliphatic rings. The molecule has 1 atom stereocenters. The van der Waals surface area contributed by atoms with Crippen LogP contribution in [0.15, 0.2) is 15.9 Å². The third-order valence-corrected chi connectivity index (χ3v) is 6.60. The molecule has 0 radical (unpaired) electrons. The largest absolute Gasteiger partial charge is 0.465 e. The Bertz CT molecular complexity index is 621. The molecule has 1 fully saturated rings. The number of thiophene rings is 1. The number of carboxylic acid groups (broad SMARTS) is 1. The van der Waals surface area contributed by atoms with Crippen LogP contribution in [0, 0.1) is 5.92 Å². The van der Waals surface area contributed by atoms with E-state index in [0.29, 0.717) is 17.3 Å². The number of hydrogen-bond donors (Lipinski definition) is 2. The predicted octanol–water partition coefficient (Wildman–Crippen LogP) is 5.36. The predicted molar refractivity (Wildman–Crippen MR) is 109 cm³/mol. The van der Waals surface area contributed by atoms with E-state index >= 15 is 0 Å². The molecule has 2 amide bonds. The van der Waals surface area contributed by atoms with Gasteiger partial charge in [0.1, 0.15) is 0 Å². The summed E-state index contributed by atoms with van der Waals surface area (Å²) in [6.45, 7) is 5.97. The van der Waals surface area contributed by atoms with Crippen LogP contribution in [0.25, 0.3) is 0 Å². The second kappa shape index (κ2) is 9.22. The minimum absolute atomic E-state index is 0.124. The first-order chi connectivity index (χ1) is 12.2. The molecule has 7 heteroatoms. The summed E-state index contributed by atoms with van der Waals surface area (Å²) in [5, 5.41) is 14.6. The molecule has 1 aromatic heterocycles. The first kappa shape index (κ1) is 21.2. The number of rotatable bonds is 6. The Balaban J connectivity index is 2.11. The molecule has 1 aromatic rings. The van der Waals surface area contributed by atoms with Crippen molar-refractivity contribution in [3.63, 3.8) is 0 Å². The van der Waals surface area contributed by atoms with Gasteiger partial charge in [-0.25, -0.2) is 4.79 Å². The molecule has 146 valence electrons. The molecule has 0 saturated heterocycles. The molecule has 5 nitrogen and oxygen atoms in total. The molecular weight excluding hydrogens is 416 g/mol. The first-order valence-corrected chi connectivity index (χ1v) is 10.9. The van der Waals surface area contributed by atoms with Gasteiger partial charge in [0.15, 0.2) is 0 Å². The van der Waals surface area contributed by atoms with Gasteiger partial charge in [0.05, 0.1) is 4.88 Å². The van der Waals surface area contributed by atoms with Crippen LogP contribution < -0.4 is 5.32 Å². The fraction of sp³-hybridized carbons (Fsp3) is 0.684. The number of hydrogen-bond acceptors (Lipinski definition) is 3. The lowest BCUT2D eigenvalue weighted by molar-refractivity contribution is 0.0793. The highest BCUT2D eigenvalue weighted by Gasteiger charge is 2.31. The molecular formula is C19H29BrN2O3S. The van der Waals surface area contributed by atoms with Crippen molar-refractivity contribution < 1.29 is 14.7 Å². The first-order valence-electron chi connectivity index (χ1n) is 9.22. The Morgan fingerprint density at radius 2 is 2.00 bits per heavy atom. The van der Waals surface area contributed by atoms with Gasteiger partial charge in [-0.05, 0) is 55.1 Å². The van der Waals surface area contributed by atoms with Gasteiger partial charge in [-0.2, -0.15) is 0 Å². The van der Waals surface area contributed by atoms with Crippen LogP contribution in [-0.4, -0.2) is 40.1 Å². The molecule has 1 saturated carbocycles. The molecule has 0 aliphatic heterocycles. The zero-order valence-corrected chi connectivity index (χ0v) is 18.2. The van der Waals surface area contributed by atoms with Crippen LogP contribution in [0.1, 0.15) is 69.0 Å². The van der Waals surface area contributed by atoms with Crippen LogP contribution in [0.2, 0.25) is 0 Å². The lowest BCUT2D eigenvalue weighted by atomic mass is 9.84. The average molecular weight is 445 g/mol. The van der Waals surface area contributed by atoms with Gasteiger partial charge in [-0.1, -0.05) is 32.1 Å². The number of nitrogens with one attached hydrogen (secondary N) is 1. The third-order valence-electron chi connectivity index (χ3n) is 4.91. The summed E-state index contributed by atoms with van der Waals surface area (Å²) in [5.41, 5.74) is -0.507. The lowest BCUT2D eigenvalue weighted by Crippen LogP contribution is -2.52. The Morgan fingerprint density at radius 1 is 1.35 bits per heavy atom. The van der Waals surface area contributed by atoms with Crippen LogP contribution in [-0.2, 0) is 0 Å². The number of amides is 2. The van der Waals surface area contributed by atoms with Crippen molar-refractivity contribution in [2.45, 2.75) is 70.9 Å². The number of carbonyl (C=O) groups excluding carboxylic acids is 1. The van der Waals surface area contributed by atoms with E-state index in [0.717, 1.165) is 10.9 Å². The lowest BCUT2D eigenvalue weighted by Gasteiger charge is -2.37. The van der Waals surface area contributed by atoms with E-state index in [4.69, 9.17) is 0 Å². The Kier molecular flexibility index (Phi) is 7.52. The van der Waals surface area contributed by atoms with Crippen molar-refractivity contribution in [1.29, 1.82) is 0 Å². The normalized spacial score (nSPS) is 16.9. The molecule has 0 spiro atoms. The highest BCUT2D eigenvalue weighted by atomic mass is 79.9. The number of carbonyl (C=O) groups is 2. The zero-order valence-electron chi connectivity index (χ0n) is 15.8. The topological polar surface area (TPSA) is 69.6 Å². The maximum atomic E-state index is 12.6. The summed E-state index contributed by atoms with van der Waals surface area (Å²) >= 11 is 4.76. The van der Waals surface area contributed by atoms with Crippen LogP contribution >= 0.6 is 27.3 Å². The number of nitrogens with zero attached hydrogens (tertiary/aromatic N) is 1. The van der Waals surface area contributed by atoms with Crippen LogP contribution in [0.4, 0.5) is 4.79 Å². The second-order valence-corrected chi connectivity index (χ2v) is 9.93. The van der Waals surface area contributed by atoms with Crippen molar-refractivity contribution >= 4 is 39.3 Å². The van der Waals surface area contributed by atoms with E-state index in [2.05, 4.69) is 21.2 Å². The Morgan fingerprint density at radius 3 is 2.50 bits per heavy atom. The minimum Gasteiger partial charge on any atom is -0.465 e. The van der Waals surface area contributed by atoms with Gasteiger partial charge in [0.2, 0.25) is 0 Å². The summed E-state index contributed by atoms with van der Waals surface area (Å²) < 4.78 is 0.887. The second-order valence-electron chi connectivity index (χ2n) is 8.10. The summed E-state index contributed by atoms with van der Waals surface area (Å²) in [6, 6.07) is 1.62. The van der Waals surface area contributed by atoms with Gasteiger partial charge in [0, 0.05) is 28.0 Å². The standard InChI is InChI=1S/C19H29BrN2O3S/c1-19(2,3)22(18(24)25)11-15(9-13-7-5-4-6-8-13)21-17(23)16-10-14(20)12-26-16/h10,12-13,15H,4-9,11H2,1-3H3,(H,21,23)(H,24,25)/t15-/m0/s1. The van der Waals surface area contributed by atoms with Gasteiger partial charge in [0.25, 0.3) is 5.91 Å². The van der Waals surface area contributed by atoms with E-state index in [-0.39, 0.29) is 11.9 Å². The molecule has 1 aliphatic carbocycles. The van der Waals surface area contributed by atoms with Crippen molar-refractivity contribution in [3.8, 4) is 0 Å². The van der Waals surface area contributed by atoms with E-state index < -0.39 is 11.6 Å². The summed E-state index contributed by atoms with van der Waals surface area (Å²) in [5.74, 6) is 0.431. The fourth-order valence-electron chi connectivity index (χ4n) is 3.55. The maximum absolute atomic E-state index is 12.6. The van der Waals surface area contributed by atoms with Crippen molar-refractivity contribution in [2.75, 3.05) is 6.54 Å². The van der Waals surface area contributed by atoms with Crippen LogP contribution in [0.3, 0.4) is 0 Å². The Hall–Kier alpha value is -1.08. The molecule has 0 unspecified atom stereocenters. The number of halogens is 1. The van der Waals surface area contributed by atoms with E-state index in [9.17, 15) is 14.7 Å². The third kappa shape index (κ3) is 6.27. The van der Waals surface area contributed by atoms with Crippen molar-refractivity contribution in [3.05, 3.63) is 20.8 Å². The van der Waals surface area contributed by atoms with Gasteiger partial charge in [-0.3, -0.25) is 4.79 Å². The summed E-state index contributed by atoms with van der Waals surface area (Å²) in [7, 11) is 0. The molecule has 26 heavy (non-hydrogen) atoms. The van der Waals surface area contributed by atoms with Crippen molar-refractivity contribution in [2.24, 2.45) is 5.92 Å². The average Bonchev–Trinajstić information content (AvgIpc) is 2.98. The molecule has 0 bridgehead atoms. The van der Waals surface area contributed by atoms with Crippen LogP contribution in [0.5, 0.6) is 0 Å². The maximum Gasteiger partial charge on any atom is 0.407 e. The summed E-state index contributed by atoms with van der Waals surface area (Å²) in [6.07, 6.45) is 5.95. The molecule has 0 aromatic carbocycles. The minimum atomic E-state index is -0.945. The van der Waals surface area contributed by atoms with E-state index in [1.54, 1.807) is 6.07 Å². The SMILES string of the molecule is CC(C)(C)N(C[C@H](CC1CCCCC1)NC(=O)c1cc(Br)cs1)C(=O)O.